The average molecular weight is 333 g/mol. The van der Waals surface area contributed by atoms with Gasteiger partial charge in [0.05, 0.1) is 22.5 Å². The number of carbonyl (C=O) groups excluding carboxylic acids is 1. The highest BCUT2D eigenvalue weighted by molar-refractivity contribution is 6.37. The minimum Gasteiger partial charge on any atom is -0.397 e. The quantitative estimate of drug-likeness (QED) is 0.761. The molecule has 0 aliphatic heterocycles. The summed E-state index contributed by atoms with van der Waals surface area (Å²) in [6, 6.07) is 3.07. The van der Waals surface area contributed by atoms with Gasteiger partial charge in [-0.2, -0.15) is 0 Å². The summed E-state index contributed by atoms with van der Waals surface area (Å²) in [5, 5.41) is 3.41. The van der Waals surface area contributed by atoms with E-state index in [0.717, 1.165) is 6.42 Å². The number of rotatable bonds is 6. The topological polar surface area (TPSA) is 64.3 Å². The van der Waals surface area contributed by atoms with Crippen LogP contribution in [0.15, 0.2) is 12.1 Å². The third-order valence-corrected chi connectivity index (χ3v) is 3.46. The molecule has 0 heterocycles. The second-order valence-corrected chi connectivity index (χ2v) is 6.40. The van der Waals surface area contributed by atoms with Crippen molar-refractivity contribution in [2.75, 3.05) is 11.1 Å². The Morgan fingerprint density at radius 2 is 1.90 bits per heavy atom. The van der Waals surface area contributed by atoms with Crippen LogP contribution in [0.1, 0.15) is 34.1 Å². The fourth-order valence-corrected chi connectivity index (χ4v) is 2.64. The number of nitrogen functional groups attached to an aromatic ring is 1. The maximum absolute atomic E-state index is 12.1. The maximum atomic E-state index is 12.1. The highest BCUT2D eigenvalue weighted by Gasteiger charge is 2.19. The van der Waals surface area contributed by atoms with Crippen LogP contribution >= 0.6 is 23.2 Å². The Morgan fingerprint density at radius 1 is 1.29 bits per heavy atom. The average Bonchev–Trinajstić information content (AvgIpc) is 2.31. The Balaban J connectivity index is 2.69. The Labute approximate surface area is 135 Å². The van der Waals surface area contributed by atoms with Crippen LogP contribution < -0.4 is 11.1 Å². The van der Waals surface area contributed by atoms with E-state index in [4.69, 9.17) is 33.7 Å². The van der Waals surface area contributed by atoms with Gasteiger partial charge in [-0.3, -0.25) is 4.79 Å². The first kappa shape index (κ1) is 18.1. The molecule has 0 saturated carbocycles. The molecule has 1 rings (SSSR count). The van der Waals surface area contributed by atoms with E-state index in [1.165, 1.54) is 12.1 Å². The van der Waals surface area contributed by atoms with E-state index in [1.54, 1.807) is 6.92 Å². The smallest absolute Gasteiger partial charge is 0.253 e. The van der Waals surface area contributed by atoms with Crippen LogP contribution in [-0.4, -0.2) is 18.1 Å². The first-order valence-electron chi connectivity index (χ1n) is 6.91. The van der Waals surface area contributed by atoms with E-state index in [1.807, 2.05) is 6.92 Å². The van der Waals surface area contributed by atoms with Crippen LogP contribution in [0.3, 0.4) is 0 Å². The highest BCUT2D eigenvalue weighted by Crippen LogP contribution is 2.32. The van der Waals surface area contributed by atoms with E-state index in [-0.39, 0.29) is 12.0 Å². The van der Waals surface area contributed by atoms with Gasteiger partial charge >= 0.3 is 0 Å². The summed E-state index contributed by atoms with van der Waals surface area (Å²) in [5.74, 6) is 0.221. The normalized spacial score (nSPS) is 14.0. The fraction of sp³-hybridized carbons (Fsp3) is 0.533. The molecule has 0 fully saturated rings. The lowest BCUT2D eigenvalue weighted by molar-refractivity contribution is -0.129. The summed E-state index contributed by atoms with van der Waals surface area (Å²) in [6.45, 7) is 7.87. The van der Waals surface area contributed by atoms with E-state index >= 15 is 0 Å². The van der Waals surface area contributed by atoms with Crippen molar-refractivity contribution in [3.05, 3.63) is 22.2 Å². The minimum absolute atomic E-state index is 0.00351. The van der Waals surface area contributed by atoms with Crippen molar-refractivity contribution in [3.63, 3.8) is 0 Å². The molecule has 0 radical (unpaired) electrons. The highest BCUT2D eigenvalue weighted by atomic mass is 35.5. The van der Waals surface area contributed by atoms with Gasteiger partial charge in [-0.1, -0.05) is 37.0 Å². The molecule has 1 aromatic carbocycles. The van der Waals surface area contributed by atoms with Crippen molar-refractivity contribution in [2.24, 2.45) is 5.92 Å². The lowest BCUT2D eigenvalue weighted by Crippen LogP contribution is -2.31. The zero-order valence-electron chi connectivity index (χ0n) is 12.7. The van der Waals surface area contributed by atoms with Crippen LogP contribution in [0.2, 0.25) is 10.0 Å². The first-order valence-corrected chi connectivity index (χ1v) is 7.67. The number of hydrogen-bond acceptors (Lipinski definition) is 3. The number of nitrogens with two attached hydrogens (primary N) is 1. The Bertz CT molecular complexity index is 483. The monoisotopic (exact) mass is 332 g/mol. The number of ether oxygens (including phenoxy) is 1. The van der Waals surface area contributed by atoms with Crippen molar-refractivity contribution >= 4 is 40.5 Å². The molecule has 0 spiro atoms. The molecular weight excluding hydrogens is 311 g/mol. The molecule has 4 nitrogen and oxygen atoms in total. The predicted molar refractivity (Wildman–Crippen MR) is 89.0 cm³/mol. The molecule has 0 aromatic heterocycles. The number of anilines is 2. The molecule has 21 heavy (non-hydrogen) atoms. The summed E-state index contributed by atoms with van der Waals surface area (Å²) >= 11 is 11.9. The van der Waals surface area contributed by atoms with E-state index in [2.05, 4.69) is 19.2 Å². The van der Waals surface area contributed by atoms with Gasteiger partial charge in [-0.15, -0.1) is 0 Å². The zero-order chi connectivity index (χ0) is 16.2. The summed E-state index contributed by atoms with van der Waals surface area (Å²) < 4.78 is 5.68. The molecule has 0 aliphatic rings. The SMILES string of the molecule is CC(C)CC(C)OC(C)C(=O)Nc1c(N)cc(Cl)cc1Cl. The second-order valence-electron chi connectivity index (χ2n) is 5.56. The van der Waals surface area contributed by atoms with Gasteiger partial charge in [-0.25, -0.2) is 0 Å². The van der Waals surface area contributed by atoms with Crippen molar-refractivity contribution in [1.82, 2.24) is 0 Å². The van der Waals surface area contributed by atoms with Crippen molar-refractivity contribution in [3.8, 4) is 0 Å². The van der Waals surface area contributed by atoms with Gasteiger partial charge in [0.25, 0.3) is 5.91 Å². The fourth-order valence-electron chi connectivity index (χ4n) is 2.08. The lowest BCUT2D eigenvalue weighted by Gasteiger charge is -2.21. The van der Waals surface area contributed by atoms with E-state index in [0.29, 0.717) is 27.3 Å². The van der Waals surface area contributed by atoms with Crippen LogP contribution in [0.25, 0.3) is 0 Å². The predicted octanol–water partition coefficient (Wildman–Crippen LogP) is 4.35. The molecule has 3 N–H and O–H groups in total. The molecule has 2 unspecified atom stereocenters. The third kappa shape index (κ3) is 5.73. The van der Waals surface area contributed by atoms with Gasteiger partial charge < -0.3 is 15.8 Å². The van der Waals surface area contributed by atoms with Crippen molar-refractivity contribution < 1.29 is 9.53 Å². The maximum Gasteiger partial charge on any atom is 0.253 e. The van der Waals surface area contributed by atoms with Gasteiger partial charge in [-0.05, 0) is 38.3 Å². The summed E-state index contributed by atoms with van der Waals surface area (Å²) in [4.78, 5) is 12.1. The number of nitrogens with one attached hydrogen (secondary N) is 1. The van der Waals surface area contributed by atoms with Crippen LogP contribution in [0, 0.1) is 5.92 Å². The molecule has 0 saturated heterocycles. The summed E-state index contributed by atoms with van der Waals surface area (Å²) in [6.07, 6.45) is 0.301. The standard InChI is InChI=1S/C15H22Cl2N2O2/c1-8(2)5-9(3)21-10(4)15(20)19-14-12(17)6-11(16)7-13(14)18/h6-10H,5,18H2,1-4H3,(H,19,20). The number of benzene rings is 1. The molecule has 118 valence electrons. The largest absolute Gasteiger partial charge is 0.397 e. The van der Waals surface area contributed by atoms with Crippen LogP contribution in [-0.2, 0) is 9.53 Å². The van der Waals surface area contributed by atoms with Crippen LogP contribution in [0.4, 0.5) is 11.4 Å². The Morgan fingerprint density at radius 3 is 2.43 bits per heavy atom. The number of carbonyl (C=O) groups is 1. The molecular formula is C15H22Cl2N2O2. The van der Waals surface area contributed by atoms with E-state index < -0.39 is 6.10 Å². The number of halogens is 2. The minimum atomic E-state index is -0.593. The molecule has 0 bridgehead atoms. The summed E-state index contributed by atoms with van der Waals surface area (Å²) in [5.41, 5.74) is 6.50. The number of hydrogen-bond donors (Lipinski definition) is 2. The second kappa shape index (κ2) is 7.87. The zero-order valence-corrected chi connectivity index (χ0v) is 14.3. The van der Waals surface area contributed by atoms with Gasteiger partial charge in [0.2, 0.25) is 0 Å². The molecule has 0 aliphatic carbocycles. The number of amides is 1. The van der Waals surface area contributed by atoms with Crippen molar-refractivity contribution in [1.29, 1.82) is 0 Å². The van der Waals surface area contributed by atoms with Gasteiger partial charge in [0.15, 0.2) is 0 Å². The van der Waals surface area contributed by atoms with E-state index in [9.17, 15) is 4.79 Å². The van der Waals surface area contributed by atoms with Crippen LogP contribution in [0.5, 0.6) is 0 Å². The lowest BCUT2D eigenvalue weighted by atomic mass is 10.1. The molecule has 2 atom stereocenters. The molecule has 1 amide bonds. The third-order valence-electron chi connectivity index (χ3n) is 2.94. The molecule has 1 aromatic rings. The van der Waals surface area contributed by atoms with Crippen molar-refractivity contribution in [2.45, 2.75) is 46.3 Å². The van der Waals surface area contributed by atoms with Gasteiger partial charge in [0, 0.05) is 5.02 Å². The summed E-state index contributed by atoms with van der Waals surface area (Å²) in [7, 11) is 0. The van der Waals surface area contributed by atoms with Gasteiger partial charge in [0.1, 0.15) is 6.10 Å². The first-order chi connectivity index (χ1) is 9.70. The Hall–Kier alpha value is -0.970. The molecule has 6 heteroatoms. The Kier molecular flexibility index (Phi) is 6.78.